The van der Waals surface area contributed by atoms with Crippen molar-refractivity contribution in [2.75, 3.05) is 24.5 Å². The number of carbonyl (C=O) groups excluding carboxylic acids is 2. The summed E-state index contributed by atoms with van der Waals surface area (Å²) in [7, 11) is 0. The number of carbonyl (C=O) groups is 2. The molecule has 1 atom stereocenters. The molecule has 2 amide bonds. The van der Waals surface area contributed by atoms with Gasteiger partial charge in [0, 0.05) is 30.6 Å². The Morgan fingerprint density at radius 1 is 1.04 bits per heavy atom. The molecule has 6 heteroatoms. The third kappa shape index (κ3) is 3.26. The summed E-state index contributed by atoms with van der Waals surface area (Å²) in [6, 6.07) is 3.03. The van der Waals surface area contributed by atoms with Crippen LogP contribution in [-0.2, 0) is 16.0 Å². The highest BCUT2D eigenvalue weighted by atomic mass is 35.5. The molecule has 0 N–H and O–H groups in total. The van der Waals surface area contributed by atoms with E-state index in [2.05, 4.69) is 0 Å². The van der Waals surface area contributed by atoms with Gasteiger partial charge in [0.1, 0.15) is 5.82 Å². The van der Waals surface area contributed by atoms with Crippen molar-refractivity contribution >= 4 is 29.1 Å². The molecule has 0 aromatic heterocycles. The molecule has 0 radical (unpaired) electrons. The van der Waals surface area contributed by atoms with Gasteiger partial charge >= 0.3 is 0 Å². The Labute approximate surface area is 151 Å². The van der Waals surface area contributed by atoms with Crippen LogP contribution in [0.5, 0.6) is 0 Å². The molecular weight excluding hydrogens is 343 g/mol. The maximum Gasteiger partial charge on any atom is 0.231 e. The molecule has 3 aliphatic rings. The van der Waals surface area contributed by atoms with E-state index in [-0.39, 0.29) is 23.7 Å². The first-order valence-corrected chi connectivity index (χ1v) is 9.50. The van der Waals surface area contributed by atoms with Crippen LogP contribution >= 0.6 is 11.6 Å². The minimum Gasteiger partial charge on any atom is -0.342 e. The Hall–Kier alpha value is -1.62. The summed E-state index contributed by atoms with van der Waals surface area (Å²) in [6.07, 6.45) is 5.06. The van der Waals surface area contributed by atoms with Crippen LogP contribution in [0.1, 0.15) is 37.7 Å². The Morgan fingerprint density at radius 3 is 2.60 bits per heavy atom. The van der Waals surface area contributed by atoms with Gasteiger partial charge in [-0.15, -0.1) is 0 Å². The zero-order valence-corrected chi connectivity index (χ0v) is 14.9. The van der Waals surface area contributed by atoms with E-state index < -0.39 is 5.82 Å². The molecule has 134 valence electrons. The van der Waals surface area contributed by atoms with Crippen LogP contribution in [0.4, 0.5) is 10.1 Å². The van der Waals surface area contributed by atoms with Crippen LogP contribution in [0.2, 0.25) is 5.02 Å². The molecular formula is C19H22ClFN2O2. The molecule has 4 nitrogen and oxygen atoms in total. The standard InChI is InChI=1S/C19H22ClFN2O2/c20-15-9-13-3-2-8-23(17(13)16(21)10-15)19(25)14-4-1-7-22(11-14)18(24)12-5-6-12/h9-10,12,14H,1-8,11H2. The summed E-state index contributed by atoms with van der Waals surface area (Å²) in [5, 5.41) is 0.365. The Kier molecular flexibility index (Phi) is 4.44. The molecule has 1 unspecified atom stereocenters. The van der Waals surface area contributed by atoms with Crippen LogP contribution in [0.15, 0.2) is 12.1 Å². The molecule has 1 aromatic carbocycles. The van der Waals surface area contributed by atoms with Crippen LogP contribution in [-0.4, -0.2) is 36.3 Å². The molecule has 2 fully saturated rings. The van der Waals surface area contributed by atoms with Crippen molar-refractivity contribution in [1.29, 1.82) is 0 Å². The lowest BCUT2D eigenvalue weighted by Gasteiger charge is -2.37. The van der Waals surface area contributed by atoms with Crippen LogP contribution in [0.3, 0.4) is 0 Å². The van der Waals surface area contributed by atoms with E-state index in [4.69, 9.17) is 11.6 Å². The predicted molar refractivity (Wildman–Crippen MR) is 94.1 cm³/mol. The number of piperidine rings is 1. The molecule has 1 saturated heterocycles. The average Bonchev–Trinajstić information content (AvgIpc) is 3.45. The fraction of sp³-hybridized carbons (Fsp3) is 0.579. The first kappa shape index (κ1) is 16.8. The smallest absolute Gasteiger partial charge is 0.231 e. The third-order valence-corrected chi connectivity index (χ3v) is 5.70. The number of amides is 2. The molecule has 4 rings (SSSR count). The fourth-order valence-electron chi connectivity index (χ4n) is 4.06. The lowest BCUT2D eigenvalue weighted by atomic mass is 9.93. The second-order valence-electron chi connectivity index (χ2n) is 7.39. The second kappa shape index (κ2) is 6.60. The minimum atomic E-state index is -0.433. The number of hydrogen-bond donors (Lipinski definition) is 0. The number of anilines is 1. The maximum absolute atomic E-state index is 14.5. The topological polar surface area (TPSA) is 40.6 Å². The van der Waals surface area contributed by atoms with Gasteiger partial charge in [-0.2, -0.15) is 0 Å². The van der Waals surface area contributed by atoms with Gasteiger partial charge in [-0.3, -0.25) is 9.59 Å². The summed E-state index contributed by atoms with van der Waals surface area (Å²) < 4.78 is 14.5. The van der Waals surface area contributed by atoms with E-state index in [1.54, 1.807) is 11.0 Å². The lowest BCUT2D eigenvalue weighted by molar-refractivity contribution is -0.136. The molecule has 2 aliphatic heterocycles. The van der Waals surface area contributed by atoms with Crippen molar-refractivity contribution in [3.05, 3.63) is 28.5 Å². The minimum absolute atomic E-state index is 0.0598. The van der Waals surface area contributed by atoms with Gasteiger partial charge in [-0.05, 0) is 56.2 Å². The summed E-state index contributed by atoms with van der Waals surface area (Å²) in [6.45, 7) is 1.73. The summed E-state index contributed by atoms with van der Waals surface area (Å²) >= 11 is 5.96. The van der Waals surface area contributed by atoms with Crippen molar-refractivity contribution in [2.24, 2.45) is 11.8 Å². The van der Waals surface area contributed by atoms with E-state index in [9.17, 15) is 14.0 Å². The normalized spacial score (nSPS) is 23.4. The van der Waals surface area contributed by atoms with E-state index >= 15 is 0 Å². The number of benzene rings is 1. The SMILES string of the molecule is O=C(C1CC1)N1CCCC(C(=O)N2CCCc3cc(Cl)cc(F)c32)C1. The van der Waals surface area contributed by atoms with Crippen molar-refractivity contribution in [2.45, 2.75) is 38.5 Å². The molecule has 1 aromatic rings. The van der Waals surface area contributed by atoms with E-state index in [1.807, 2.05) is 4.90 Å². The summed E-state index contributed by atoms with van der Waals surface area (Å²) in [5.74, 6) is -0.371. The highest BCUT2D eigenvalue weighted by Gasteiger charge is 2.38. The highest BCUT2D eigenvalue weighted by Crippen LogP contribution is 2.36. The summed E-state index contributed by atoms with van der Waals surface area (Å²) in [4.78, 5) is 28.8. The number of hydrogen-bond acceptors (Lipinski definition) is 2. The van der Waals surface area contributed by atoms with Gasteiger partial charge in [-0.1, -0.05) is 11.6 Å². The molecule has 0 spiro atoms. The molecule has 1 aliphatic carbocycles. The van der Waals surface area contributed by atoms with Crippen LogP contribution in [0, 0.1) is 17.7 Å². The predicted octanol–water partition coefficient (Wildman–Crippen LogP) is 3.41. The largest absolute Gasteiger partial charge is 0.342 e. The van der Waals surface area contributed by atoms with Gasteiger partial charge in [0.15, 0.2) is 0 Å². The zero-order valence-electron chi connectivity index (χ0n) is 14.1. The quantitative estimate of drug-likeness (QED) is 0.807. The number of halogens is 2. The molecule has 0 bridgehead atoms. The van der Waals surface area contributed by atoms with Crippen LogP contribution in [0.25, 0.3) is 0 Å². The van der Waals surface area contributed by atoms with Gasteiger partial charge in [0.05, 0.1) is 11.6 Å². The summed E-state index contributed by atoms with van der Waals surface area (Å²) in [5.41, 5.74) is 1.18. The number of likely N-dealkylation sites (tertiary alicyclic amines) is 1. The van der Waals surface area contributed by atoms with Crippen LogP contribution < -0.4 is 4.90 Å². The zero-order chi connectivity index (χ0) is 17.6. The number of nitrogens with zero attached hydrogens (tertiary/aromatic N) is 2. The average molecular weight is 365 g/mol. The maximum atomic E-state index is 14.5. The first-order chi connectivity index (χ1) is 12.0. The third-order valence-electron chi connectivity index (χ3n) is 5.48. The van der Waals surface area contributed by atoms with E-state index in [0.29, 0.717) is 23.8 Å². The molecule has 1 saturated carbocycles. The highest BCUT2D eigenvalue weighted by molar-refractivity contribution is 6.30. The number of rotatable bonds is 2. The van der Waals surface area contributed by atoms with Crippen molar-refractivity contribution in [1.82, 2.24) is 4.90 Å². The number of aryl methyl sites for hydroxylation is 1. The Morgan fingerprint density at radius 2 is 1.84 bits per heavy atom. The first-order valence-electron chi connectivity index (χ1n) is 9.12. The van der Waals surface area contributed by atoms with E-state index in [0.717, 1.165) is 50.6 Å². The Bertz CT molecular complexity index is 720. The monoisotopic (exact) mass is 364 g/mol. The molecule has 2 heterocycles. The second-order valence-corrected chi connectivity index (χ2v) is 7.82. The number of fused-ring (bicyclic) bond motifs is 1. The van der Waals surface area contributed by atoms with Crippen molar-refractivity contribution in [3.63, 3.8) is 0 Å². The van der Waals surface area contributed by atoms with Crippen molar-refractivity contribution < 1.29 is 14.0 Å². The van der Waals surface area contributed by atoms with E-state index in [1.165, 1.54) is 6.07 Å². The Balaban J connectivity index is 1.54. The van der Waals surface area contributed by atoms with Gasteiger partial charge in [0.2, 0.25) is 11.8 Å². The van der Waals surface area contributed by atoms with Gasteiger partial charge in [0.25, 0.3) is 0 Å². The lowest BCUT2D eigenvalue weighted by Crippen LogP contribution is -2.48. The fourth-order valence-corrected chi connectivity index (χ4v) is 4.29. The van der Waals surface area contributed by atoms with Gasteiger partial charge in [-0.25, -0.2) is 4.39 Å². The van der Waals surface area contributed by atoms with Gasteiger partial charge < -0.3 is 9.80 Å². The van der Waals surface area contributed by atoms with Crippen molar-refractivity contribution in [3.8, 4) is 0 Å². The molecule has 25 heavy (non-hydrogen) atoms.